The second-order valence-electron chi connectivity index (χ2n) is 6.74. The first-order valence-electron chi connectivity index (χ1n) is 8.78. The lowest BCUT2D eigenvalue weighted by Crippen LogP contribution is -2.53. The smallest absolute Gasteiger partial charge is 0.142 e. The molecule has 1 aliphatic heterocycles. The molecule has 1 aliphatic rings. The second-order valence-corrected chi connectivity index (χ2v) is 6.74. The van der Waals surface area contributed by atoms with Gasteiger partial charge in [0.15, 0.2) is 0 Å². The van der Waals surface area contributed by atoms with E-state index in [9.17, 15) is 5.11 Å². The predicted octanol–water partition coefficient (Wildman–Crippen LogP) is 4.76. The molecule has 0 spiro atoms. The number of aliphatic hydroxyl groups is 1. The van der Waals surface area contributed by atoms with Gasteiger partial charge in [-0.2, -0.15) is 0 Å². The third kappa shape index (κ3) is 2.78. The van der Waals surface area contributed by atoms with Gasteiger partial charge in [-0.25, -0.2) is 0 Å². The fourth-order valence-corrected chi connectivity index (χ4v) is 3.93. The number of hydrogen-bond acceptors (Lipinski definition) is 2. The molecule has 3 aromatic rings. The Labute approximate surface area is 143 Å². The summed E-state index contributed by atoms with van der Waals surface area (Å²) in [4.78, 5) is 2.19. The fourth-order valence-electron chi connectivity index (χ4n) is 3.93. The van der Waals surface area contributed by atoms with Crippen LogP contribution < -0.4 is 4.90 Å². The highest BCUT2D eigenvalue weighted by Gasteiger charge is 2.37. The minimum atomic E-state index is -0.816. The van der Waals surface area contributed by atoms with Crippen molar-refractivity contribution >= 4 is 16.5 Å². The lowest BCUT2D eigenvalue weighted by atomic mass is 9.89. The van der Waals surface area contributed by atoms with E-state index >= 15 is 0 Å². The first-order valence-corrected chi connectivity index (χ1v) is 8.78. The van der Waals surface area contributed by atoms with E-state index in [1.54, 1.807) is 0 Å². The molecule has 4 rings (SSSR count). The van der Waals surface area contributed by atoms with Crippen LogP contribution in [0.2, 0.25) is 0 Å². The molecule has 1 N–H and O–H groups in total. The molecule has 2 heteroatoms. The van der Waals surface area contributed by atoms with Gasteiger partial charge in [0.25, 0.3) is 0 Å². The molecule has 0 saturated carbocycles. The van der Waals surface area contributed by atoms with Gasteiger partial charge < -0.3 is 10.0 Å². The van der Waals surface area contributed by atoms with Crippen LogP contribution in [0, 0.1) is 0 Å². The number of nitrogens with zero attached hydrogens (tertiary/aromatic N) is 1. The number of piperidine rings is 1. The van der Waals surface area contributed by atoms with Gasteiger partial charge in [0.2, 0.25) is 0 Å². The van der Waals surface area contributed by atoms with Gasteiger partial charge in [0, 0.05) is 18.7 Å². The van der Waals surface area contributed by atoms with E-state index in [-0.39, 0.29) is 0 Å². The lowest BCUT2D eigenvalue weighted by Gasteiger charge is -2.45. The molecule has 1 atom stereocenters. The van der Waals surface area contributed by atoms with Crippen LogP contribution in [-0.4, -0.2) is 17.4 Å². The van der Waals surface area contributed by atoms with Crippen molar-refractivity contribution in [2.75, 3.05) is 11.4 Å². The van der Waals surface area contributed by atoms with Crippen LogP contribution in [-0.2, 0) is 6.42 Å². The van der Waals surface area contributed by atoms with E-state index in [1.807, 2.05) is 18.2 Å². The van der Waals surface area contributed by atoms with E-state index < -0.39 is 5.72 Å². The first kappa shape index (κ1) is 15.2. The third-order valence-corrected chi connectivity index (χ3v) is 5.13. The van der Waals surface area contributed by atoms with Gasteiger partial charge in [0.1, 0.15) is 5.72 Å². The monoisotopic (exact) mass is 317 g/mol. The van der Waals surface area contributed by atoms with Crippen LogP contribution in [0.15, 0.2) is 72.8 Å². The second kappa shape index (κ2) is 6.29. The molecule has 0 aromatic heterocycles. The van der Waals surface area contributed by atoms with Crippen molar-refractivity contribution in [1.82, 2.24) is 0 Å². The molecule has 3 aromatic carbocycles. The Morgan fingerprint density at radius 3 is 2.46 bits per heavy atom. The van der Waals surface area contributed by atoms with Gasteiger partial charge >= 0.3 is 0 Å². The molecule has 0 aliphatic carbocycles. The highest BCUT2D eigenvalue weighted by Crippen LogP contribution is 2.35. The predicted molar refractivity (Wildman–Crippen MR) is 100 cm³/mol. The summed E-state index contributed by atoms with van der Waals surface area (Å²) in [5.41, 5.74) is 1.52. The SMILES string of the molecule is OC1(Cc2cccc3ccccc23)CCCCN1c1ccccc1. The average Bonchev–Trinajstić information content (AvgIpc) is 2.63. The molecule has 122 valence electrons. The summed E-state index contributed by atoms with van der Waals surface area (Å²) in [5, 5.41) is 14.0. The summed E-state index contributed by atoms with van der Waals surface area (Å²) in [6.45, 7) is 0.908. The van der Waals surface area contributed by atoms with E-state index in [4.69, 9.17) is 0 Å². The molecule has 1 fully saturated rings. The topological polar surface area (TPSA) is 23.5 Å². The highest BCUT2D eigenvalue weighted by molar-refractivity contribution is 5.85. The van der Waals surface area contributed by atoms with Crippen LogP contribution >= 0.6 is 0 Å². The summed E-state index contributed by atoms with van der Waals surface area (Å²) in [6, 6.07) is 25.1. The number of rotatable bonds is 3. The van der Waals surface area contributed by atoms with E-state index in [0.29, 0.717) is 6.42 Å². The summed E-state index contributed by atoms with van der Waals surface area (Å²) < 4.78 is 0. The number of fused-ring (bicyclic) bond motifs is 1. The number of anilines is 1. The zero-order valence-electron chi connectivity index (χ0n) is 13.9. The fraction of sp³-hybridized carbons (Fsp3) is 0.273. The molecule has 0 bridgehead atoms. The third-order valence-electron chi connectivity index (χ3n) is 5.13. The van der Waals surface area contributed by atoms with Crippen molar-refractivity contribution < 1.29 is 5.11 Å². The van der Waals surface area contributed by atoms with Crippen LogP contribution in [0.4, 0.5) is 5.69 Å². The molecule has 1 unspecified atom stereocenters. The van der Waals surface area contributed by atoms with E-state index in [2.05, 4.69) is 59.5 Å². The van der Waals surface area contributed by atoms with Crippen molar-refractivity contribution in [3.8, 4) is 0 Å². The summed E-state index contributed by atoms with van der Waals surface area (Å²) in [5.74, 6) is 0. The highest BCUT2D eigenvalue weighted by atomic mass is 16.3. The zero-order chi connectivity index (χ0) is 16.4. The zero-order valence-corrected chi connectivity index (χ0v) is 13.9. The Hall–Kier alpha value is -2.32. The largest absolute Gasteiger partial charge is 0.371 e. The van der Waals surface area contributed by atoms with Gasteiger partial charge in [-0.05, 0) is 47.7 Å². The maximum Gasteiger partial charge on any atom is 0.142 e. The van der Waals surface area contributed by atoms with Crippen molar-refractivity contribution in [1.29, 1.82) is 0 Å². The van der Waals surface area contributed by atoms with Crippen molar-refractivity contribution in [2.45, 2.75) is 31.4 Å². The average molecular weight is 317 g/mol. The van der Waals surface area contributed by atoms with E-state index in [1.165, 1.54) is 16.3 Å². The normalized spacial score (nSPS) is 21.1. The maximum atomic E-state index is 11.5. The van der Waals surface area contributed by atoms with Crippen LogP contribution in [0.25, 0.3) is 10.8 Å². The maximum absolute atomic E-state index is 11.5. The lowest BCUT2D eigenvalue weighted by molar-refractivity contribution is 0.0136. The molecule has 0 radical (unpaired) electrons. The van der Waals surface area contributed by atoms with Crippen LogP contribution in [0.3, 0.4) is 0 Å². The Kier molecular flexibility index (Phi) is 3.99. The Morgan fingerprint density at radius 2 is 1.58 bits per heavy atom. The molecular formula is C22H23NO. The Morgan fingerprint density at radius 1 is 0.833 bits per heavy atom. The summed E-state index contributed by atoms with van der Waals surface area (Å²) in [7, 11) is 0. The minimum Gasteiger partial charge on any atom is -0.371 e. The van der Waals surface area contributed by atoms with Crippen molar-refractivity contribution in [2.24, 2.45) is 0 Å². The number of hydrogen-bond donors (Lipinski definition) is 1. The first-order chi connectivity index (χ1) is 11.8. The minimum absolute atomic E-state index is 0.656. The molecule has 0 amide bonds. The summed E-state index contributed by atoms with van der Waals surface area (Å²) in [6.07, 6.45) is 3.67. The molecular weight excluding hydrogens is 294 g/mol. The Balaban J connectivity index is 1.72. The van der Waals surface area contributed by atoms with Gasteiger partial charge in [0.05, 0.1) is 0 Å². The van der Waals surface area contributed by atoms with Crippen molar-refractivity contribution in [3.05, 3.63) is 78.4 Å². The summed E-state index contributed by atoms with van der Waals surface area (Å²) >= 11 is 0. The number of benzene rings is 3. The van der Waals surface area contributed by atoms with Gasteiger partial charge in [-0.1, -0.05) is 60.7 Å². The van der Waals surface area contributed by atoms with Gasteiger partial charge in [-0.15, -0.1) is 0 Å². The van der Waals surface area contributed by atoms with Crippen LogP contribution in [0.1, 0.15) is 24.8 Å². The van der Waals surface area contributed by atoms with Crippen LogP contribution in [0.5, 0.6) is 0 Å². The Bertz CT molecular complexity index is 824. The molecule has 24 heavy (non-hydrogen) atoms. The van der Waals surface area contributed by atoms with Crippen molar-refractivity contribution in [3.63, 3.8) is 0 Å². The quantitative estimate of drug-likeness (QED) is 0.753. The number of para-hydroxylation sites is 1. The van der Waals surface area contributed by atoms with E-state index in [0.717, 1.165) is 31.5 Å². The standard InChI is InChI=1S/C22H23NO/c24-22(15-6-7-16-23(22)20-12-2-1-3-13-20)17-19-11-8-10-18-9-4-5-14-21(18)19/h1-5,8-14,24H,6-7,15-17H2. The molecule has 1 heterocycles. The molecule has 2 nitrogen and oxygen atoms in total. The molecule has 1 saturated heterocycles. The van der Waals surface area contributed by atoms with Gasteiger partial charge in [-0.3, -0.25) is 0 Å².